The Morgan fingerprint density at radius 1 is 1.15 bits per heavy atom. The van der Waals surface area contributed by atoms with Crippen LogP contribution in [0.5, 0.6) is 0 Å². The first-order valence-electron chi connectivity index (χ1n) is 6.64. The molecule has 4 rings (SSSR count). The molecule has 0 atom stereocenters. The number of benzene rings is 1. The molecule has 0 radical (unpaired) electrons. The van der Waals surface area contributed by atoms with Crippen LogP contribution in [0.15, 0.2) is 48.9 Å². The number of nitrogens with one attached hydrogen (secondary N) is 1. The second kappa shape index (κ2) is 4.20. The third kappa shape index (κ3) is 1.86. The van der Waals surface area contributed by atoms with E-state index in [0.29, 0.717) is 0 Å². The van der Waals surface area contributed by atoms with Crippen molar-refractivity contribution in [3.63, 3.8) is 0 Å². The summed E-state index contributed by atoms with van der Waals surface area (Å²) in [5, 5.41) is 8.16. The minimum atomic E-state index is 0.835. The van der Waals surface area contributed by atoms with Gasteiger partial charge in [0.05, 0.1) is 17.4 Å². The van der Waals surface area contributed by atoms with Crippen molar-refractivity contribution in [3.05, 3.63) is 65.7 Å². The molecule has 0 aliphatic rings. The van der Waals surface area contributed by atoms with Crippen molar-refractivity contribution in [1.82, 2.24) is 19.6 Å². The highest BCUT2D eigenvalue weighted by Gasteiger charge is 2.04. The molecule has 0 unspecified atom stereocenters. The molecule has 0 saturated carbocycles. The highest BCUT2D eigenvalue weighted by Crippen LogP contribution is 2.16. The maximum Gasteiger partial charge on any atom is 0.137 e. The van der Waals surface area contributed by atoms with Gasteiger partial charge < -0.3 is 4.40 Å². The average Bonchev–Trinajstić information content (AvgIpc) is 3.03. The normalized spacial score (nSPS) is 11.4. The second-order valence-corrected chi connectivity index (χ2v) is 5.17. The number of rotatable bonds is 2. The number of imidazole rings is 1. The maximum absolute atomic E-state index is 4.66. The standard InChI is InChI=1S/C16H14N4/c1-11-2-5-16-18-14(10-20(16)9-11)7-12-3-4-15-13(6-12)8-17-19-15/h2-6,8-10H,7H2,1H3,(H,17,19). The minimum Gasteiger partial charge on any atom is -0.307 e. The van der Waals surface area contributed by atoms with Gasteiger partial charge in [-0.3, -0.25) is 5.10 Å². The van der Waals surface area contributed by atoms with Crippen molar-refractivity contribution >= 4 is 16.6 Å². The molecular weight excluding hydrogens is 248 g/mol. The minimum absolute atomic E-state index is 0.835. The van der Waals surface area contributed by atoms with Crippen molar-refractivity contribution in [3.8, 4) is 0 Å². The van der Waals surface area contributed by atoms with E-state index in [0.717, 1.165) is 28.7 Å². The molecule has 20 heavy (non-hydrogen) atoms. The van der Waals surface area contributed by atoms with Gasteiger partial charge in [0.25, 0.3) is 0 Å². The van der Waals surface area contributed by atoms with E-state index in [1.54, 1.807) is 0 Å². The van der Waals surface area contributed by atoms with Gasteiger partial charge in [-0.25, -0.2) is 4.98 Å². The number of H-pyrrole nitrogens is 1. The summed E-state index contributed by atoms with van der Waals surface area (Å²) < 4.78 is 2.08. The van der Waals surface area contributed by atoms with Crippen molar-refractivity contribution in [2.75, 3.05) is 0 Å². The van der Waals surface area contributed by atoms with Gasteiger partial charge in [0.2, 0.25) is 0 Å². The fourth-order valence-corrected chi connectivity index (χ4v) is 2.55. The lowest BCUT2D eigenvalue weighted by Crippen LogP contribution is -1.87. The van der Waals surface area contributed by atoms with E-state index in [1.165, 1.54) is 11.1 Å². The molecule has 4 aromatic rings. The zero-order valence-corrected chi connectivity index (χ0v) is 11.2. The summed E-state index contributed by atoms with van der Waals surface area (Å²) in [6, 6.07) is 10.5. The summed E-state index contributed by atoms with van der Waals surface area (Å²) in [7, 11) is 0. The van der Waals surface area contributed by atoms with Gasteiger partial charge in [0, 0.05) is 24.2 Å². The fraction of sp³-hybridized carbons (Fsp3) is 0.125. The topological polar surface area (TPSA) is 46.0 Å². The molecule has 1 aromatic carbocycles. The van der Waals surface area contributed by atoms with Crippen LogP contribution in [0.2, 0.25) is 0 Å². The molecule has 0 saturated heterocycles. The van der Waals surface area contributed by atoms with Gasteiger partial charge in [0.1, 0.15) is 5.65 Å². The average molecular weight is 262 g/mol. The Balaban J connectivity index is 1.72. The molecule has 4 nitrogen and oxygen atoms in total. The number of pyridine rings is 1. The molecule has 0 spiro atoms. The summed E-state index contributed by atoms with van der Waals surface area (Å²) in [5.41, 5.74) is 5.63. The lowest BCUT2D eigenvalue weighted by atomic mass is 10.1. The first kappa shape index (κ1) is 11.2. The van der Waals surface area contributed by atoms with E-state index in [1.807, 2.05) is 6.20 Å². The van der Waals surface area contributed by atoms with E-state index in [2.05, 4.69) is 69.2 Å². The third-order valence-electron chi connectivity index (χ3n) is 3.54. The maximum atomic E-state index is 4.66. The fourth-order valence-electron chi connectivity index (χ4n) is 2.55. The van der Waals surface area contributed by atoms with Crippen LogP contribution in [0.4, 0.5) is 0 Å². The van der Waals surface area contributed by atoms with E-state index >= 15 is 0 Å². The summed E-state index contributed by atoms with van der Waals surface area (Å²) >= 11 is 0. The van der Waals surface area contributed by atoms with Gasteiger partial charge in [-0.1, -0.05) is 12.1 Å². The molecule has 0 fully saturated rings. The van der Waals surface area contributed by atoms with Gasteiger partial charge in [-0.05, 0) is 36.2 Å². The largest absolute Gasteiger partial charge is 0.307 e. The molecule has 0 bridgehead atoms. The first-order chi connectivity index (χ1) is 9.78. The number of fused-ring (bicyclic) bond motifs is 2. The van der Waals surface area contributed by atoms with Gasteiger partial charge in [-0.2, -0.15) is 5.10 Å². The highest BCUT2D eigenvalue weighted by atomic mass is 15.1. The Morgan fingerprint density at radius 2 is 2.10 bits per heavy atom. The summed E-state index contributed by atoms with van der Waals surface area (Å²) in [6.45, 7) is 2.09. The van der Waals surface area contributed by atoms with E-state index in [9.17, 15) is 0 Å². The Kier molecular flexibility index (Phi) is 2.36. The molecule has 3 heterocycles. The Hall–Kier alpha value is -2.62. The van der Waals surface area contributed by atoms with Gasteiger partial charge in [0.15, 0.2) is 0 Å². The lowest BCUT2D eigenvalue weighted by molar-refractivity contribution is 1.11. The second-order valence-electron chi connectivity index (χ2n) is 5.17. The van der Waals surface area contributed by atoms with Crippen LogP contribution in [0, 0.1) is 6.92 Å². The van der Waals surface area contributed by atoms with Crippen LogP contribution in [0.25, 0.3) is 16.6 Å². The Labute approximate surface area is 116 Å². The predicted octanol–water partition coefficient (Wildman–Crippen LogP) is 3.11. The van der Waals surface area contributed by atoms with Crippen molar-refractivity contribution in [2.24, 2.45) is 0 Å². The van der Waals surface area contributed by atoms with Crippen molar-refractivity contribution in [1.29, 1.82) is 0 Å². The van der Waals surface area contributed by atoms with Crippen LogP contribution in [-0.4, -0.2) is 19.6 Å². The number of aromatic nitrogens is 4. The van der Waals surface area contributed by atoms with Crippen molar-refractivity contribution in [2.45, 2.75) is 13.3 Å². The number of nitrogens with zero attached hydrogens (tertiary/aromatic N) is 3. The van der Waals surface area contributed by atoms with E-state index in [-0.39, 0.29) is 0 Å². The molecule has 98 valence electrons. The zero-order chi connectivity index (χ0) is 13.5. The molecule has 0 aliphatic carbocycles. The predicted molar refractivity (Wildman–Crippen MR) is 78.8 cm³/mol. The number of aromatic amines is 1. The van der Waals surface area contributed by atoms with Gasteiger partial charge >= 0.3 is 0 Å². The molecule has 0 aliphatic heterocycles. The summed E-state index contributed by atoms with van der Waals surface area (Å²) in [4.78, 5) is 4.66. The van der Waals surface area contributed by atoms with E-state index in [4.69, 9.17) is 0 Å². The van der Waals surface area contributed by atoms with Crippen molar-refractivity contribution < 1.29 is 0 Å². The number of hydrogen-bond donors (Lipinski definition) is 1. The SMILES string of the molecule is Cc1ccc2nc(Cc3ccc4[nH]ncc4c3)cn2c1. The zero-order valence-electron chi connectivity index (χ0n) is 11.2. The van der Waals surface area contributed by atoms with Crippen LogP contribution in [0.3, 0.4) is 0 Å². The Morgan fingerprint density at radius 3 is 3.05 bits per heavy atom. The molecule has 0 amide bonds. The molecular formula is C16H14N4. The van der Waals surface area contributed by atoms with Crippen LogP contribution >= 0.6 is 0 Å². The van der Waals surface area contributed by atoms with Gasteiger partial charge in [-0.15, -0.1) is 0 Å². The smallest absolute Gasteiger partial charge is 0.137 e. The quantitative estimate of drug-likeness (QED) is 0.603. The summed E-state index contributed by atoms with van der Waals surface area (Å²) in [5.74, 6) is 0. The number of hydrogen-bond acceptors (Lipinski definition) is 2. The Bertz CT molecular complexity index is 901. The van der Waals surface area contributed by atoms with Crippen LogP contribution < -0.4 is 0 Å². The van der Waals surface area contributed by atoms with E-state index < -0.39 is 0 Å². The molecule has 3 aromatic heterocycles. The third-order valence-corrected chi connectivity index (χ3v) is 3.54. The lowest BCUT2D eigenvalue weighted by Gasteiger charge is -1.98. The highest BCUT2D eigenvalue weighted by molar-refractivity contribution is 5.78. The number of aryl methyl sites for hydroxylation is 1. The van der Waals surface area contributed by atoms with Crippen LogP contribution in [-0.2, 0) is 6.42 Å². The first-order valence-corrected chi connectivity index (χ1v) is 6.64. The molecule has 4 heteroatoms. The monoisotopic (exact) mass is 262 g/mol. The van der Waals surface area contributed by atoms with Crippen LogP contribution in [0.1, 0.15) is 16.8 Å². The molecule has 1 N–H and O–H groups in total. The summed E-state index contributed by atoms with van der Waals surface area (Å²) in [6.07, 6.45) is 6.89.